The molecular weight excluding hydrogens is 172 g/mol. The van der Waals surface area contributed by atoms with Crippen molar-refractivity contribution in [2.75, 3.05) is 0 Å². The summed E-state index contributed by atoms with van der Waals surface area (Å²) >= 11 is 0. The molecule has 14 heavy (non-hydrogen) atoms. The topological polar surface area (TPSA) is 20.2 Å². The normalized spacial score (nSPS) is 52.9. The first-order chi connectivity index (χ1) is 6.56. The largest absolute Gasteiger partial charge is 0.393 e. The molecule has 1 heteroatoms. The van der Waals surface area contributed by atoms with Gasteiger partial charge in [-0.25, -0.2) is 0 Å². The molecule has 5 unspecified atom stereocenters. The van der Waals surface area contributed by atoms with Gasteiger partial charge in [-0.05, 0) is 37.0 Å². The molecule has 0 radical (unpaired) electrons. The molecule has 0 heterocycles. The summed E-state index contributed by atoms with van der Waals surface area (Å²) in [6.07, 6.45) is 7.86. The van der Waals surface area contributed by atoms with Gasteiger partial charge in [0, 0.05) is 5.41 Å². The second kappa shape index (κ2) is 3.37. The van der Waals surface area contributed by atoms with Crippen molar-refractivity contribution in [3.05, 3.63) is 12.2 Å². The smallest absolute Gasteiger partial charge is 0.0602 e. The van der Waals surface area contributed by atoms with Crippen LogP contribution in [0.15, 0.2) is 12.2 Å². The Balaban J connectivity index is 2.34. The van der Waals surface area contributed by atoms with Crippen molar-refractivity contribution in [2.24, 2.45) is 23.2 Å². The van der Waals surface area contributed by atoms with Crippen LogP contribution < -0.4 is 0 Å². The lowest BCUT2D eigenvalue weighted by Crippen LogP contribution is -2.50. The minimum Gasteiger partial charge on any atom is -0.393 e. The standard InChI is InChI=1S/C13H22O/c1-9-7-8-12(14)13(3)10(2)5-4-6-11(9)13/h4-5,9-12,14H,6-8H2,1-3H3. The summed E-state index contributed by atoms with van der Waals surface area (Å²) in [5, 5.41) is 10.2. The van der Waals surface area contributed by atoms with E-state index in [0.29, 0.717) is 11.8 Å². The maximum absolute atomic E-state index is 10.2. The van der Waals surface area contributed by atoms with Gasteiger partial charge in [-0.2, -0.15) is 0 Å². The highest BCUT2D eigenvalue weighted by atomic mass is 16.3. The Hall–Kier alpha value is -0.300. The molecule has 5 atom stereocenters. The molecule has 1 nitrogen and oxygen atoms in total. The molecule has 0 spiro atoms. The maximum atomic E-state index is 10.2. The van der Waals surface area contributed by atoms with Crippen molar-refractivity contribution in [1.29, 1.82) is 0 Å². The third kappa shape index (κ3) is 1.25. The quantitative estimate of drug-likeness (QED) is 0.588. The van der Waals surface area contributed by atoms with Gasteiger partial charge in [0.25, 0.3) is 0 Å². The first-order valence-corrected chi connectivity index (χ1v) is 5.91. The number of fused-ring (bicyclic) bond motifs is 1. The van der Waals surface area contributed by atoms with Crippen molar-refractivity contribution >= 4 is 0 Å². The van der Waals surface area contributed by atoms with Crippen LogP contribution in [0.4, 0.5) is 0 Å². The van der Waals surface area contributed by atoms with Crippen molar-refractivity contribution in [2.45, 2.75) is 46.1 Å². The van der Waals surface area contributed by atoms with Crippen LogP contribution in [0.2, 0.25) is 0 Å². The second-order valence-electron chi connectivity index (χ2n) is 5.50. The molecule has 1 fully saturated rings. The van der Waals surface area contributed by atoms with E-state index in [4.69, 9.17) is 0 Å². The lowest BCUT2D eigenvalue weighted by Gasteiger charge is -2.53. The minimum absolute atomic E-state index is 0.0938. The molecule has 2 aliphatic rings. The fourth-order valence-electron chi connectivity index (χ4n) is 3.56. The number of aliphatic hydroxyl groups excluding tert-OH is 1. The molecule has 2 rings (SSSR count). The molecule has 0 amide bonds. The summed E-state index contributed by atoms with van der Waals surface area (Å²) in [5.41, 5.74) is 0.131. The minimum atomic E-state index is -0.0938. The summed E-state index contributed by atoms with van der Waals surface area (Å²) in [4.78, 5) is 0. The van der Waals surface area contributed by atoms with Crippen molar-refractivity contribution < 1.29 is 5.11 Å². The summed E-state index contributed by atoms with van der Waals surface area (Å²) in [5.74, 6) is 1.99. The molecule has 0 aromatic rings. The van der Waals surface area contributed by atoms with E-state index in [1.165, 1.54) is 12.8 Å². The lowest BCUT2D eigenvalue weighted by molar-refractivity contribution is -0.0906. The monoisotopic (exact) mass is 194 g/mol. The van der Waals surface area contributed by atoms with Crippen LogP contribution in [0.3, 0.4) is 0 Å². The SMILES string of the molecule is CC1CCC(O)C2(C)C(C)C=CCC12. The average Bonchev–Trinajstić information content (AvgIpc) is 2.16. The first kappa shape index (κ1) is 10.2. The van der Waals surface area contributed by atoms with Crippen LogP contribution in [0.25, 0.3) is 0 Å². The fraction of sp³-hybridized carbons (Fsp3) is 0.846. The van der Waals surface area contributed by atoms with E-state index in [0.717, 1.165) is 12.3 Å². The zero-order valence-electron chi connectivity index (χ0n) is 9.53. The maximum Gasteiger partial charge on any atom is 0.0602 e. The zero-order chi connectivity index (χ0) is 10.3. The van der Waals surface area contributed by atoms with Gasteiger partial charge in [-0.15, -0.1) is 0 Å². The summed E-state index contributed by atoms with van der Waals surface area (Å²) < 4.78 is 0. The molecule has 80 valence electrons. The van der Waals surface area contributed by atoms with Gasteiger partial charge in [0.2, 0.25) is 0 Å². The van der Waals surface area contributed by atoms with E-state index in [1.54, 1.807) is 0 Å². The van der Waals surface area contributed by atoms with Gasteiger partial charge < -0.3 is 5.11 Å². The predicted octanol–water partition coefficient (Wildman–Crippen LogP) is 3.00. The van der Waals surface area contributed by atoms with E-state index < -0.39 is 0 Å². The Kier molecular flexibility index (Phi) is 2.46. The van der Waals surface area contributed by atoms with Crippen molar-refractivity contribution in [3.63, 3.8) is 0 Å². The second-order valence-corrected chi connectivity index (χ2v) is 5.50. The van der Waals surface area contributed by atoms with Gasteiger partial charge in [-0.1, -0.05) is 32.9 Å². The molecule has 2 aliphatic carbocycles. The fourth-order valence-corrected chi connectivity index (χ4v) is 3.56. The number of hydrogen-bond acceptors (Lipinski definition) is 1. The predicted molar refractivity (Wildman–Crippen MR) is 58.9 cm³/mol. The Morgan fingerprint density at radius 1 is 1.29 bits per heavy atom. The molecule has 0 aromatic heterocycles. The van der Waals surface area contributed by atoms with Crippen molar-refractivity contribution in [3.8, 4) is 0 Å². The van der Waals surface area contributed by atoms with E-state index in [2.05, 4.69) is 32.9 Å². The highest BCUT2D eigenvalue weighted by molar-refractivity contribution is 5.10. The van der Waals surface area contributed by atoms with Gasteiger partial charge in [0.05, 0.1) is 6.10 Å². The summed E-state index contributed by atoms with van der Waals surface area (Å²) in [6.45, 7) is 6.89. The molecule has 0 aromatic carbocycles. The Bertz CT molecular complexity index is 246. The highest BCUT2D eigenvalue weighted by Gasteiger charge is 2.49. The first-order valence-electron chi connectivity index (χ1n) is 5.91. The number of allylic oxidation sites excluding steroid dienone is 2. The van der Waals surface area contributed by atoms with E-state index in [9.17, 15) is 5.11 Å². The number of aliphatic hydroxyl groups is 1. The lowest BCUT2D eigenvalue weighted by atomic mass is 9.54. The average molecular weight is 194 g/mol. The Labute approximate surface area is 87.2 Å². The van der Waals surface area contributed by atoms with E-state index in [1.807, 2.05) is 0 Å². The van der Waals surface area contributed by atoms with Crippen molar-refractivity contribution in [1.82, 2.24) is 0 Å². The number of rotatable bonds is 0. The van der Waals surface area contributed by atoms with E-state index in [-0.39, 0.29) is 11.5 Å². The van der Waals surface area contributed by atoms with E-state index >= 15 is 0 Å². The van der Waals surface area contributed by atoms with Gasteiger partial charge >= 0.3 is 0 Å². The van der Waals surface area contributed by atoms with Crippen LogP contribution >= 0.6 is 0 Å². The van der Waals surface area contributed by atoms with Crippen LogP contribution in [-0.4, -0.2) is 11.2 Å². The summed E-state index contributed by atoms with van der Waals surface area (Å²) in [6, 6.07) is 0. The zero-order valence-corrected chi connectivity index (χ0v) is 9.53. The van der Waals surface area contributed by atoms with Gasteiger partial charge in [0.1, 0.15) is 0 Å². The molecule has 0 saturated heterocycles. The van der Waals surface area contributed by atoms with Gasteiger partial charge in [-0.3, -0.25) is 0 Å². The molecule has 1 N–H and O–H groups in total. The van der Waals surface area contributed by atoms with Crippen LogP contribution in [-0.2, 0) is 0 Å². The Morgan fingerprint density at radius 3 is 2.64 bits per heavy atom. The third-order valence-corrected chi connectivity index (χ3v) is 4.90. The third-order valence-electron chi connectivity index (χ3n) is 4.90. The van der Waals surface area contributed by atoms with Crippen LogP contribution in [0.1, 0.15) is 40.0 Å². The highest BCUT2D eigenvalue weighted by Crippen LogP contribution is 2.53. The number of hydrogen-bond donors (Lipinski definition) is 1. The van der Waals surface area contributed by atoms with Crippen LogP contribution in [0.5, 0.6) is 0 Å². The van der Waals surface area contributed by atoms with Crippen LogP contribution in [0, 0.1) is 23.2 Å². The summed E-state index contributed by atoms with van der Waals surface area (Å²) in [7, 11) is 0. The molecule has 0 aliphatic heterocycles. The molecule has 0 bridgehead atoms. The molecule has 1 saturated carbocycles. The molecular formula is C13H22O. The van der Waals surface area contributed by atoms with Gasteiger partial charge in [0.15, 0.2) is 0 Å². The Morgan fingerprint density at radius 2 is 2.00 bits per heavy atom.